The van der Waals surface area contributed by atoms with Crippen LogP contribution < -0.4 is 0 Å². The second-order valence-corrected chi connectivity index (χ2v) is 6.01. The third kappa shape index (κ3) is 3.62. The lowest BCUT2D eigenvalue weighted by Crippen LogP contribution is -2.00. The first kappa shape index (κ1) is 16.4. The van der Waals surface area contributed by atoms with Crippen LogP contribution in [0.5, 0.6) is 11.5 Å². The van der Waals surface area contributed by atoms with Gasteiger partial charge in [-0.3, -0.25) is 0 Å². The molecule has 0 bridgehead atoms. The highest BCUT2D eigenvalue weighted by Gasteiger charge is 2.17. The van der Waals surface area contributed by atoms with Crippen LogP contribution in [-0.2, 0) is 12.8 Å². The van der Waals surface area contributed by atoms with E-state index < -0.39 is 0 Å². The normalized spacial score (nSPS) is 11.1. The van der Waals surface area contributed by atoms with Gasteiger partial charge in [-0.05, 0) is 36.1 Å². The van der Waals surface area contributed by atoms with Crippen molar-refractivity contribution in [3.8, 4) is 11.5 Å². The van der Waals surface area contributed by atoms with E-state index in [4.69, 9.17) is 0 Å². The number of hydrogen-bond acceptors (Lipinski definition) is 2. The van der Waals surface area contributed by atoms with Gasteiger partial charge in [-0.15, -0.1) is 0 Å². The second-order valence-electron chi connectivity index (χ2n) is 6.01. The van der Waals surface area contributed by atoms with Crippen molar-refractivity contribution in [1.82, 2.24) is 0 Å². The predicted molar refractivity (Wildman–Crippen MR) is 91.7 cm³/mol. The Morgan fingerprint density at radius 2 is 1.18 bits per heavy atom. The molecular formula is C20H26O2. The van der Waals surface area contributed by atoms with Crippen molar-refractivity contribution >= 4 is 0 Å². The molecule has 0 aliphatic carbocycles. The van der Waals surface area contributed by atoms with Crippen molar-refractivity contribution in [3.63, 3.8) is 0 Å². The molecule has 0 saturated heterocycles. The highest BCUT2D eigenvalue weighted by Crippen LogP contribution is 2.36. The van der Waals surface area contributed by atoms with Gasteiger partial charge in [0.15, 0.2) is 0 Å². The summed E-state index contributed by atoms with van der Waals surface area (Å²) < 4.78 is 0. The molecule has 0 aromatic heterocycles. The maximum atomic E-state index is 10.2. The fraction of sp³-hybridized carbons (Fsp3) is 0.400. The topological polar surface area (TPSA) is 40.5 Å². The van der Waals surface area contributed by atoms with Crippen molar-refractivity contribution in [2.45, 2.75) is 52.4 Å². The molecular weight excluding hydrogens is 272 g/mol. The van der Waals surface area contributed by atoms with Gasteiger partial charge in [-0.2, -0.15) is 0 Å². The van der Waals surface area contributed by atoms with E-state index in [0.29, 0.717) is 11.5 Å². The lowest BCUT2D eigenvalue weighted by molar-refractivity contribution is 0.456. The quantitative estimate of drug-likeness (QED) is 0.773. The number of aryl methyl sites for hydroxylation is 2. The molecule has 2 aromatic carbocycles. The summed E-state index contributed by atoms with van der Waals surface area (Å²) in [5, 5.41) is 20.4. The first-order valence-electron chi connectivity index (χ1n) is 8.20. The molecule has 2 aromatic rings. The third-order valence-corrected chi connectivity index (χ3v) is 4.19. The number of phenolic OH excluding ortho intramolecular Hbond substituents is 2. The summed E-state index contributed by atoms with van der Waals surface area (Å²) in [6.07, 6.45) is 4.16. The van der Waals surface area contributed by atoms with Crippen LogP contribution in [0.15, 0.2) is 36.4 Å². The van der Waals surface area contributed by atoms with Crippen LogP contribution in [0.25, 0.3) is 0 Å². The minimum atomic E-state index is -0.0337. The van der Waals surface area contributed by atoms with Crippen molar-refractivity contribution < 1.29 is 10.2 Å². The number of benzene rings is 2. The number of rotatable bonds is 6. The molecule has 2 N–H and O–H groups in total. The lowest BCUT2D eigenvalue weighted by atomic mass is 9.88. The van der Waals surface area contributed by atoms with Gasteiger partial charge in [-0.25, -0.2) is 0 Å². The SMILES string of the molecule is CCCc1ccc(O)c(C(C)c2cc(CCC)ccc2O)c1. The molecule has 0 amide bonds. The summed E-state index contributed by atoms with van der Waals surface area (Å²) in [4.78, 5) is 0. The maximum absolute atomic E-state index is 10.2. The zero-order valence-corrected chi connectivity index (χ0v) is 13.8. The van der Waals surface area contributed by atoms with E-state index in [1.165, 1.54) is 11.1 Å². The van der Waals surface area contributed by atoms with Gasteiger partial charge in [0.2, 0.25) is 0 Å². The van der Waals surface area contributed by atoms with E-state index in [1.54, 1.807) is 12.1 Å². The van der Waals surface area contributed by atoms with Gasteiger partial charge in [0.05, 0.1) is 0 Å². The second kappa shape index (κ2) is 7.35. The van der Waals surface area contributed by atoms with Crippen molar-refractivity contribution in [2.75, 3.05) is 0 Å². The van der Waals surface area contributed by atoms with Crippen molar-refractivity contribution in [1.29, 1.82) is 0 Å². The van der Waals surface area contributed by atoms with E-state index in [0.717, 1.165) is 36.8 Å². The highest BCUT2D eigenvalue weighted by atomic mass is 16.3. The van der Waals surface area contributed by atoms with Crippen LogP contribution in [0.2, 0.25) is 0 Å². The van der Waals surface area contributed by atoms with E-state index in [1.807, 2.05) is 19.1 Å². The van der Waals surface area contributed by atoms with Crippen molar-refractivity contribution in [2.24, 2.45) is 0 Å². The molecule has 118 valence electrons. The van der Waals surface area contributed by atoms with Gasteiger partial charge >= 0.3 is 0 Å². The summed E-state index contributed by atoms with van der Waals surface area (Å²) in [5.41, 5.74) is 4.22. The Morgan fingerprint density at radius 3 is 1.55 bits per heavy atom. The fourth-order valence-corrected chi connectivity index (χ4v) is 2.96. The lowest BCUT2D eigenvalue weighted by Gasteiger charge is -2.18. The summed E-state index contributed by atoms with van der Waals surface area (Å²) >= 11 is 0. The van der Waals surface area contributed by atoms with E-state index >= 15 is 0 Å². The molecule has 2 nitrogen and oxygen atoms in total. The Morgan fingerprint density at radius 1 is 0.773 bits per heavy atom. The predicted octanol–water partition coefficient (Wildman–Crippen LogP) is 5.15. The van der Waals surface area contributed by atoms with Crippen LogP contribution in [0.4, 0.5) is 0 Å². The minimum absolute atomic E-state index is 0.0337. The van der Waals surface area contributed by atoms with E-state index in [-0.39, 0.29) is 5.92 Å². The molecule has 0 radical (unpaired) electrons. The Hall–Kier alpha value is -1.96. The third-order valence-electron chi connectivity index (χ3n) is 4.19. The summed E-state index contributed by atoms with van der Waals surface area (Å²) in [5.74, 6) is 0.564. The van der Waals surface area contributed by atoms with Crippen LogP contribution in [-0.4, -0.2) is 10.2 Å². The number of hydrogen-bond donors (Lipinski definition) is 2. The van der Waals surface area contributed by atoms with Crippen LogP contribution in [0.1, 0.15) is 61.8 Å². The summed E-state index contributed by atoms with van der Waals surface area (Å²) in [7, 11) is 0. The Balaban J connectivity index is 2.40. The Labute approximate surface area is 133 Å². The molecule has 0 heterocycles. The fourth-order valence-electron chi connectivity index (χ4n) is 2.96. The molecule has 0 aliphatic rings. The van der Waals surface area contributed by atoms with Crippen LogP contribution in [0.3, 0.4) is 0 Å². The van der Waals surface area contributed by atoms with Crippen LogP contribution in [0, 0.1) is 0 Å². The van der Waals surface area contributed by atoms with Gasteiger partial charge in [-0.1, -0.05) is 57.9 Å². The van der Waals surface area contributed by atoms with Gasteiger partial charge < -0.3 is 10.2 Å². The molecule has 0 unspecified atom stereocenters. The zero-order valence-electron chi connectivity index (χ0n) is 13.8. The monoisotopic (exact) mass is 298 g/mol. The minimum Gasteiger partial charge on any atom is -0.508 e. The molecule has 22 heavy (non-hydrogen) atoms. The molecule has 2 heteroatoms. The Kier molecular flexibility index (Phi) is 5.48. The molecule has 0 spiro atoms. The first-order valence-corrected chi connectivity index (χ1v) is 8.20. The van der Waals surface area contributed by atoms with Crippen molar-refractivity contribution in [3.05, 3.63) is 58.7 Å². The van der Waals surface area contributed by atoms with Gasteiger partial charge in [0.1, 0.15) is 11.5 Å². The summed E-state index contributed by atoms with van der Waals surface area (Å²) in [6, 6.07) is 11.6. The average molecular weight is 298 g/mol. The largest absolute Gasteiger partial charge is 0.508 e. The summed E-state index contributed by atoms with van der Waals surface area (Å²) in [6.45, 7) is 6.33. The zero-order chi connectivity index (χ0) is 16.1. The average Bonchev–Trinajstić information content (AvgIpc) is 2.51. The van der Waals surface area contributed by atoms with E-state index in [2.05, 4.69) is 26.0 Å². The number of phenols is 2. The number of aromatic hydroxyl groups is 2. The standard InChI is InChI=1S/C20H26O2/c1-4-6-15-8-10-19(21)17(12-15)14(3)18-13-16(7-5-2)9-11-20(18)22/h8-14,21-22H,4-7H2,1-3H3. The smallest absolute Gasteiger partial charge is 0.119 e. The molecule has 0 fully saturated rings. The van der Waals surface area contributed by atoms with Crippen LogP contribution >= 0.6 is 0 Å². The molecule has 0 aliphatic heterocycles. The van der Waals surface area contributed by atoms with Gasteiger partial charge in [0, 0.05) is 17.0 Å². The Bertz CT molecular complexity index is 576. The first-order chi connectivity index (χ1) is 10.6. The highest BCUT2D eigenvalue weighted by molar-refractivity contribution is 5.48. The maximum Gasteiger partial charge on any atom is 0.119 e. The van der Waals surface area contributed by atoms with Gasteiger partial charge in [0.25, 0.3) is 0 Å². The molecule has 0 atom stereocenters. The van der Waals surface area contributed by atoms with E-state index in [9.17, 15) is 10.2 Å². The molecule has 0 saturated carbocycles. The molecule has 2 rings (SSSR count).